The summed E-state index contributed by atoms with van der Waals surface area (Å²) >= 11 is 0. The summed E-state index contributed by atoms with van der Waals surface area (Å²) in [5, 5.41) is 10.5. The first-order chi connectivity index (χ1) is 17.5. The largest absolute Gasteiger partial charge is 0.444 e. The minimum absolute atomic E-state index is 0.151. The summed E-state index contributed by atoms with van der Waals surface area (Å²) in [6.07, 6.45) is -2.07. The first-order valence-electron chi connectivity index (χ1n) is 11.8. The zero-order valence-corrected chi connectivity index (χ0v) is 20.7. The number of aliphatic hydroxyl groups excluding tert-OH is 1. The molecule has 0 unspecified atom stereocenters. The number of aliphatic hydroxyl groups is 1. The van der Waals surface area contributed by atoms with Crippen LogP contribution in [0.3, 0.4) is 0 Å². The van der Waals surface area contributed by atoms with Crippen molar-refractivity contribution in [3.05, 3.63) is 59.9 Å². The number of ether oxygens (including phenoxy) is 2. The van der Waals surface area contributed by atoms with Gasteiger partial charge in [0.15, 0.2) is 0 Å². The van der Waals surface area contributed by atoms with Gasteiger partial charge in [-0.3, -0.25) is 9.69 Å². The van der Waals surface area contributed by atoms with E-state index in [0.29, 0.717) is 16.7 Å². The molecule has 2 amide bonds. The van der Waals surface area contributed by atoms with Crippen LogP contribution in [0.25, 0.3) is 10.9 Å². The maximum absolute atomic E-state index is 13.2. The van der Waals surface area contributed by atoms with Crippen molar-refractivity contribution in [2.75, 3.05) is 26.2 Å². The molecule has 196 valence electrons. The van der Waals surface area contributed by atoms with E-state index in [2.05, 4.69) is 9.97 Å². The Hall–Kier alpha value is -3.86. The summed E-state index contributed by atoms with van der Waals surface area (Å²) in [6, 6.07) is 10.4. The minimum atomic E-state index is -2.60. The molecule has 1 aliphatic rings. The molecule has 1 aromatic carbocycles. The number of nitrogens with zero attached hydrogens (tertiary/aromatic N) is 4. The summed E-state index contributed by atoms with van der Waals surface area (Å²) in [4.78, 5) is 37.0. The lowest BCUT2D eigenvalue weighted by Crippen LogP contribution is -2.58. The van der Waals surface area contributed by atoms with Crippen molar-refractivity contribution in [3.8, 4) is 11.6 Å². The molecule has 1 fully saturated rings. The molecule has 11 heteroatoms. The molecule has 3 heterocycles. The quantitative estimate of drug-likeness (QED) is 0.538. The molecule has 2 aromatic heterocycles. The van der Waals surface area contributed by atoms with Gasteiger partial charge in [-0.15, -0.1) is 0 Å². The van der Waals surface area contributed by atoms with Crippen LogP contribution in [0, 0.1) is 0 Å². The van der Waals surface area contributed by atoms with Crippen LogP contribution < -0.4 is 4.74 Å². The lowest BCUT2D eigenvalue weighted by atomic mass is 10.1. The van der Waals surface area contributed by atoms with Crippen LogP contribution in [0.1, 0.15) is 43.2 Å². The van der Waals surface area contributed by atoms with Gasteiger partial charge in [0.05, 0.1) is 18.2 Å². The third kappa shape index (κ3) is 6.29. The fraction of sp³-hybridized carbons (Fsp3) is 0.385. The van der Waals surface area contributed by atoms with Crippen LogP contribution in [0.4, 0.5) is 13.6 Å². The highest BCUT2D eigenvalue weighted by molar-refractivity contribution is 5.95. The summed E-state index contributed by atoms with van der Waals surface area (Å²) in [6.45, 7) is 5.65. The molecule has 1 aliphatic heterocycles. The summed E-state index contributed by atoms with van der Waals surface area (Å²) < 4.78 is 36.5. The van der Waals surface area contributed by atoms with Crippen molar-refractivity contribution >= 4 is 22.9 Å². The molecule has 3 aromatic rings. The Morgan fingerprint density at radius 2 is 1.92 bits per heavy atom. The molecule has 0 spiro atoms. The van der Waals surface area contributed by atoms with Gasteiger partial charge in [0.2, 0.25) is 5.88 Å². The zero-order valence-electron chi connectivity index (χ0n) is 20.7. The normalized spacial score (nSPS) is 16.2. The van der Waals surface area contributed by atoms with Gasteiger partial charge in [0.1, 0.15) is 17.0 Å². The van der Waals surface area contributed by atoms with Gasteiger partial charge in [0.25, 0.3) is 12.3 Å². The Labute approximate surface area is 212 Å². The molecular weight excluding hydrogens is 486 g/mol. The van der Waals surface area contributed by atoms with Gasteiger partial charge in [-0.25, -0.2) is 23.5 Å². The number of aromatic nitrogens is 2. The second-order valence-corrected chi connectivity index (χ2v) is 9.64. The van der Waals surface area contributed by atoms with E-state index < -0.39 is 24.2 Å². The van der Waals surface area contributed by atoms with E-state index in [9.17, 15) is 23.5 Å². The molecular formula is C26H28F2N4O5. The number of amides is 2. The minimum Gasteiger partial charge on any atom is -0.444 e. The Bertz CT molecular complexity index is 1280. The maximum Gasteiger partial charge on any atom is 0.410 e. The lowest BCUT2D eigenvalue weighted by Gasteiger charge is -2.40. The number of fused-ring (bicyclic) bond motifs is 1. The predicted molar refractivity (Wildman–Crippen MR) is 131 cm³/mol. The average Bonchev–Trinajstić information content (AvgIpc) is 2.86. The van der Waals surface area contributed by atoms with E-state index in [1.807, 2.05) is 0 Å². The molecule has 0 bridgehead atoms. The van der Waals surface area contributed by atoms with E-state index in [-0.39, 0.29) is 49.3 Å². The molecule has 0 saturated carbocycles. The summed E-state index contributed by atoms with van der Waals surface area (Å²) in [7, 11) is 0. The molecule has 37 heavy (non-hydrogen) atoms. The third-order valence-electron chi connectivity index (χ3n) is 5.72. The Morgan fingerprint density at radius 1 is 1.14 bits per heavy atom. The average molecular weight is 515 g/mol. The van der Waals surface area contributed by atoms with Crippen LogP contribution in [-0.4, -0.2) is 74.8 Å². The van der Waals surface area contributed by atoms with Crippen molar-refractivity contribution in [2.45, 2.75) is 38.8 Å². The van der Waals surface area contributed by atoms with E-state index in [1.54, 1.807) is 56.0 Å². The second kappa shape index (κ2) is 10.6. The highest BCUT2D eigenvalue weighted by Gasteiger charge is 2.35. The molecule has 1 atom stereocenters. The summed E-state index contributed by atoms with van der Waals surface area (Å²) in [5.74, 6) is 0.301. The van der Waals surface area contributed by atoms with Gasteiger partial charge < -0.3 is 19.5 Å². The monoisotopic (exact) mass is 514 g/mol. The maximum atomic E-state index is 13.2. The number of carbonyl (C=O) groups excluding carboxylic acids is 2. The molecule has 0 aliphatic carbocycles. The Balaban J connectivity index is 1.44. The van der Waals surface area contributed by atoms with E-state index in [4.69, 9.17) is 9.47 Å². The van der Waals surface area contributed by atoms with Crippen LogP contribution in [-0.2, 0) is 4.74 Å². The number of hydrogen-bond acceptors (Lipinski definition) is 7. The number of hydrogen-bond donors (Lipinski definition) is 1. The highest BCUT2D eigenvalue weighted by Crippen LogP contribution is 2.26. The van der Waals surface area contributed by atoms with Crippen molar-refractivity contribution in [1.82, 2.24) is 19.8 Å². The fourth-order valence-corrected chi connectivity index (χ4v) is 3.91. The molecule has 1 saturated heterocycles. The number of carbonyl (C=O) groups is 2. The molecule has 1 N–H and O–H groups in total. The fourth-order valence-electron chi connectivity index (χ4n) is 3.91. The van der Waals surface area contributed by atoms with Gasteiger partial charge >= 0.3 is 6.09 Å². The van der Waals surface area contributed by atoms with Gasteiger partial charge in [-0.1, -0.05) is 6.07 Å². The number of alkyl halides is 2. The van der Waals surface area contributed by atoms with Gasteiger partial charge in [0, 0.05) is 42.8 Å². The zero-order chi connectivity index (χ0) is 26.7. The van der Waals surface area contributed by atoms with Crippen molar-refractivity contribution in [3.63, 3.8) is 0 Å². The Morgan fingerprint density at radius 3 is 2.57 bits per heavy atom. The van der Waals surface area contributed by atoms with Crippen LogP contribution >= 0.6 is 0 Å². The second-order valence-electron chi connectivity index (χ2n) is 9.64. The number of halogens is 2. The number of rotatable bonds is 5. The molecule has 4 rings (SSSR count). The lowest BCUT2D eigenvalue weighted by molar-refractivity contribution is -0.00992. The number of pyridine rings is 2. The smallest absolute Gasteiger partial charge is 0.410 e. The Kier molecular flexibility index (Phi) is 7.53. The van der Waals surface area contributed by atoms with Crippen molar-refractivity contribution < 1.29 is 33.0 Å². The van der Waals surface area contributed by atoms with Crippen molar-refractivity contribution in [2.24, 2.45) is 0 Å². The molecule has 9 nitrogen and oxygen atoms in total. The van der Waals surface area contributed by atoms with Crippen LogP contribution in [0.15, 0.2) is 48.7 Å². The number of benzene rings is 1. The summed E-state index contributed by atoms with van der Waals surface area (Å²) in [5.41, 5.74) is -0.0682. The number of piperazine rings is 1. The van der Waals surface area contributed by atoms with Gasteiger partial charge in [-0.05, 0) is 51.1 Å². The van der Waals surface area contributed by atoms with E-state index in [0.717, 1.165) is 6.20 Å². The van der Waals surface area contributed by atoms with Crippen LogP contribution in [0.2, 0.25) is 0 Å². The predicted octanol–water partition coefficient (Wildman–Crippen LogP) is 4.41. The van der Waals surface area contributed by atoms with E-state index in [1.165, 1.54) is 17.0 Å². The first-order valence-corrected chi connectivity index (χ1v) is 11.8. The first kappa shape index (κ1) is 26.2. The highest BCUT2D eigenvalue weighted by atomic mass is 19.3. The van der Waals surface area contributed by atoms with E-state index >= 15 is 0 Å². The van der Waals surface area contributed by atoms with Gasteiger partial charge in [-0.2, -0.15) is 0 Å². The standard InChI is InChI=1S/C26H28F2N4O5/c1-26(2,3)37-25(35)32-11-10-31(14-18(32)15-33)24(34)21-7-4-16-12-19(6-8-20(16)30-21)36-22-9-5-17(13-29-22)23(27)28/h4-9,12-13,18,23,33H,10-11,14-15H2,1-3H3/t18-/m1/s1. The van der Waals surface area contributed by atoms with Crippen molar-refractivity contribution in [1.29, 1.82) is 0 Å². The third-order valence-corrected chi connectivity index (χ3v) is 5.72. The molecule has 0 radical (unpaired) electrons. The SMILES string of the molecule is CC(C)(C)OC(=O)N1CCN(C(=O)c2ccc3cc(Oc4ccc(C(F)F)cn4)ccc3n2)C[C@@H]1CO. The topological polar surface area (TPSA) is 105 Å². The van der Waals surface area contributed by atoms with Crippen LogP contribution in [0.5, 0.6) is 11.6 Å².